The molecule has 1 N–H and O–H groups in total. The zero-order chi connectivity index (χ0) is 18.2. The first-order valence-corrected chi connectivity index (χ1v) is 9.17. The van der Waals surface area contributed by atoms with Crippen molar-refractivity contribution in [2.24, 2.45) is 0 Å². The van der Waals surface area contributed by atoms with Crippen LogP contribution >= 0.6 is 0 Å². The van der Waals surface area contributed by atoms with Crippen LogP contribution in [0.3, 0.4) is 0 Å². The summed E-state index contributed by atoms with van der Waals surface area (Å²) in [4.78, 5) is 16.7. The molecular weight excluding hydrogens is 314 g/mol. The zero-order valence-electron chi connectivity index (χ0n) is 15.9. The molecule has 3 rings (SSSR count). The van der Waals surface area contributed by atoms with Gasteiger partial charge in [-0.05, 0) is 78.0 Å². The minimum atomic E-state index is -0.452. The number of ether oxygens (including phenoxy) is 1. The average Bonchev–Trinajstić information content (AvgIpc) is 2.81. The van der Waals surface area contributed by atoms with Gasteiger partial charge < -0.3 is 14.6 Å². The van der Waals surface area contributed by atoms with Gasteiger partial charge in [-0.2, -0.15) is 0 Å². The third-order valence-corrected chi connectivity index (χ3v) is 4.80. The number of hydrogen-bond donors (Lipinski definition) is 1. The van der Waals surface area contributed by atoms with Gasteiger partial charge in [-0.25, -0.2) is 9.78 Å². The van der Waals surface area contributed by atoms with Crippen molar-refractivity contribution in [2.75, 3.05) is 0 Å². The van der Waals surface area contributed by atoms with Gasteiger partial charge in [0.2, 0.25) is 0 Å². The number of imidazole rings is 1. The lowest BCUT2D eigenvalue weighted by Crippen LogP contribution is -2.41. The van der Waals surface area contributed by atoms with E-state index in [0.717, 1.165) is 37.0 Å². The van der Waals surface area contributed by atoms with Gasteiger partial charge in [0.05, 0.1) is 11.0 Å². The molecule has 1 aromatic heterocycles. The Morgan fingerprint density at radius 3 is 2.52 bits per heavy atom. The lowest BCUT2D eigenvalue weighted by atomic mass is 9.91. The number of nitrogens with one attached hydrogen (secondary N) is 1. The van der Waals surface area contributed by atoms with Gasteiger partial charge in [0.15, 0.2) is 0 Å². The second-order valence-corrected chi connectivity index (χ2v) is 8.17. The van der Waals surface area contributed by atoms with Crippen LogP contribution in [0.15, 0.2) is 18.2 Å². The fourth-order valence-corrected chi connectivity index (χ4v) is 3.74. The van der Waals surface area contributed by atoms with E-state index in [-0.39, 0.29) is 12.1 Å². The monoisotopic (exact) mass is 343 g/mol. The number of amides is 1. The lowest BCUT2D eigenvalue weighted by molar-refractivity contribution is 0.0488. The largest absolute Gasteiger partial charge is 0.444 e. The summed E-state index contributed by atoms with van der Waals surface area (Å²) in [6.45, 7) is 9.84. The summed E-state index contributed by atoms with van der Waals surface area (Å²) in [6, 6.07) is 7.12. The summed E-state index contributed by atoms with van der Waals surface area (Å²) in [5, 5.41) is 3.01. The Balaban J connectivity index is 1.65. The van der Waals surface area contributed by atoms with Crippen molar-refractivity contribution in [2.45, 2.75) is 78.0 Å². The zero-order valence-corrected chi connectivity index (χ0v) is 15.9. The van der Waals surface area contributed by atoms with E-state index in [1.165, 1.54) is 11.1 Å². The van der Waals surface area contributed by atoms with Crippen molar-refractivity contribution in [3.63, 3.8) is 0 Å². The van der Waals surface area contributed by atoms with E-state index in [1.807, 2.05) is 20.8 Å². The molecule has 1 heterocycles. The molecule has 1 saturated carbocycles. The van der Waals surface area contributed by atoms with E-state index in [0.29, 0.717) is 6.04 Å². The molecular formula is C20H29N3O2. The third kappa shape index (κ3) is 4.14. The standard InChI is InChI=1S/C20H29N3O2/c1-13-6-11-18-17(12-13)21-14(2)23(18)16-9-7-15(8-10-16)22-19(24)25-20(3,4)5/h6,11-12,15-16H,7-10H2,1-5H3,(H,22,24). The van der Waals surface area contributed by atoms with Gasteiger partial charge in [-0.3, -0.25) is 0 Å². The van der Waals surface area contributed by atoms with Gasteiger partial charge in [-0.1, -0.05) is 6.07 Å². The smallest absolute Gasteiger partial charge is 0.407 e. The summed E-state index contributed by atoms with van der Waals surface area (Å²) in [7, 11) is 0. The van der Waals surface area contributed by atoms with Crippen molar-refractivity contribution < 1.29 is 9.53 Å². The quantitative estimate of drug-likeness (QED) is 0.862. The van der Waals surface area contributed by atoms with Crippen LogP contribution in [0, 0.1) is 13.8 Å². The molecule has 1 aromatic carbocycles. The number of hydrogen-bond acceptors (Lipinski definition) is 3. The Hall–Kier alpha value is -2.04. The van der Waals surface area contributed by atoms with E-state index in [1.54, 1.807) is 0 Å². The molecule has 1 fully saturated rings. The molecule has 5 nitrogen and oxygen atoms in total. The van der Waals surface area contributed by atoms with Crippen LogP contribution in [0.2, 0.25) is 0 Å². The van der Waals surface area contributed by atoms with Gasteiger partial charge in [-0.15, -0.1) is 0 Å². The molecule has 1 aliphatic carbocycles. The normalized spacial score (nSPS) is 21.3. The molecule has 25 heavy (non-hydrogen) atoms. The van der Waals surface area contributed by atoms with Crippen molar-refractivity contribution in [3.8, 4) is 0 Å². The maximum atomic E-state index is 11.9. The van der Waals surface area contributed by atoms with Crippen LogP contribution in [-0.2, 0) is 4.74 Å². The Morgan fingerprint density at radius 1 is 1.20 bits per heavy atom. The molecule has 0 bridgehead atoms. The minimum Gasteiger partial charge on any atom is -0.444 e. The fraction of sp³-hybridized carbons (Fsp3) is 0.600. The number of carbonyl (C=O) groups is 1. The van der Waals surface area contributed by atoms with Crippen molar-refractivity contribution in [3.05, 3.63) is 29.6 Å². The van der Waals surface area contributed by atoms with Crippen LogP contribution in [0.25, 0.3) is 11.0 Å². The Morgan fingerprint density at radius 2 is 1.88 bits per heavy atom. The first-order valence-electron chi connectivity index (χ1n) is 9.17. The molecule has 136 valence electrons. The third-order valence-electron chi connectivity index (χ3n) is 4.80. The fourth-order valence-electron chi connectivity index (χ4n) is 3.74. The lowest BCUT2D eigenvalue weighted by Gasteiger charge is -2.31. The highest BCUT2D eigenvalue weighted by Crippen LogP contribution is 2.33. The van der Waals surface area contributed by atoms with E-state index < -0.39 is 5.60 Å². The van der Waals surface area contributed by atoms with Crippen molar-refractivity contribution >= 4 is 17.1 Å². The molecule has 0 atom stereocenters. The minimum absolute atomic E-state index is 0.198. The highest BCUT2D eigenvalue weighted by Gasteiger charge is 2.27. The first kappa shape index (κ1) is 17.8. The number of carbonyl (C=O) groups excluding carboxylic acids is 1. The maximum Gasteiger partial charge on any atom is 0.407 e. The molecule has 0 unspecified atom stereocenters. The number of aryl methyl sites for hydroxylation is 2. The van der Waals surface area contributed by atoms with Gasteiger partial charge in [0.1, 0.15) is 11.4 Å². The molecule has 1 amide bonds. The van der Waals surface area contributed by atoms with Gasteiger partial charge >= 0.3 is 6.09 Å². The molecule has 0 saturated heterocycles. The molecule has 0 spiro atoms. The molecule has 5 heteroatoms. The number of aromatic nitrogens is 2. The Kier molecular flexibility index (Phi) is 4.76. The SMILES string of the molecule is Cc1ccc2c(c1)nc(C)n2C1CCC(NC(=O)OC(C)(C)C)CC1. The Bertz CT molecular complexity index is 765. The highest BCUT2D eigenvalue weighted by atomic mass is 16.6. The number of nitrogens with zero attached hydrogens (tertiary/aromatic N) is 2. The number of benzene rings is 1. The first-order chi connectivity index (χ1) is 11.7. The molecule has 1 aliphatic rings. The van der Waals surface area contributed by atoms with Crippen LogP contribution < -0.4 is 5.32 Å². The summed E-state index contributed by atoms with van der Waals surface area (Å²) < 4.78 is 7.74. The second kappa shape index (κ2) is 6.70. The van der Waals surface area contributed by atoms with Crippen LogP contribution in [-0.4, -0.2) is 27.3 Å². The van der Waals surface area contributed by atoms with Gasteiger partial charge in [0.25, 0.3) is 0 Å². The summed E-state index contributed by atoms with van der Waals surface area (Å²) in [6.07, 6.45) is 3.71. The average molecular weight is 343 g/mol. The summed E-state index contributed by atoms with van der Waals surface area (Å²) >= 11 is 0. The number of alkyl carbamates (subject to hydrolysis) is 1. The predicted octanol–water partition coefficient (Wildman–Crippen LogP) is 4.66. The summed E-state index contributed by atoms with van der Waals surface area (Å²) in [5.74, 6) is 1.07. The van der Waals surface area contributed by atoms with E-state index in [2.05, 4.69) is 41.9 Å². The molecule has 0 radical (unpaired) electrons. The predicted molar refractivity (Wildman–Crippen MR) is 99.9 cm³/mol. The van der Waals surface area contributed by atoms with E-state index >= 15 is 0 Å². The topological polar surface area (TPSA) is 56.2 Å². The van der Waals surface area contributed by atoms with Crippen LogP contribution in [0.4, 0.5) is 4.79 Å². The van der Waals surface area contributed by atoms with E-state index in [9.17, 15) is 4.79 Å². The highest BCUT2D eigenvalue weighted by molar-refractivity contribution is 5.77. The Labute approximate surface area is 149 Å². The van der Waals surface area contributed by atoms with E-state index in [4.69, 9.17) is 9.72 Å². The van der Waals surface area contributed by atoms with Crippen LogP contribution in [0.5, 0.6) is 0 Å². The van der Waals surface area contributed by atoms with Crippen molar-refractivity contribution in [1.82, 2.24) is 14.9 Å². The molecule has 0 aliphatic heterocycles. The summed E-state index contributed by atoms with van der Waals surface area (Å²) in [5.41, 5.74) is 3.08. The van der Waals surface area contributed by atoms with Crippen molar-refractivity contribution in [1.29, 1.82) is 0 Å². The molecule has 2 aromatic rings. The van der Waals surface area contributed by atoms with Crippen LogP contribution in [0.1, 0.15) is 63.9 Å². The maximum absolute atomic E-state index is 11.9. The number of rotatable bonds is 2. The van der Waals surface area contributed by atoms with Gasteiger partial charge in [0, 0.05) is 12.1 Å². The second-order valence-electron chi connectivity index (χ2n) is 8.17. The number of fused-ring (bicyclic) bond motifs is 1.